The maximum Gasteiger partial charge on any atom is 0.237 e. The molecule has 0 spiro atoms. The fourth-order valence-electron chi connectivity index (χ4n) is 1.29. The maximum absolute atomic E-state index is 11.2. The first kappa shape index (κ1) is 15.4. The molecule has 4 nitrogen and oxygen atoms in total. The number of ether oxygens (including phenoxy) is 1. The zero-order chi connectivity index (χ0) is 13.3. The molecule has 1 rings (SSSR count). The van der Waals surface area contributed by atoms with Gasteiger partial charge in [0, 0.05) is 7.05 Å². The molecule has 1 aromatic carbocycles. The maximum atomic E-state index is 11.2. The number of likely N-dealkylation sites (N-methyl/N-ethyl adjacent to an activating group) is 1. The lowest BCUT2D eigenvalue weighted by molar-refractivity contribution is -0.121. The lowest BCUT2D eigenvalue weighted by Crippen LogP contribution is -2.40. The molecule has 1 amide bonds. The number of benzene rings is 1. The molecule has 0 saturated carbocycles. The van der Waals surface area contributed by atoms with Crippen LogP contribution in [-0.2, 0) is 11.2 Å². The van der Waals surface area contributed by atoms with E-state index >= 15 is 0 Å². The van der Waals surface area contributed by atoms with Gasteiger partial charge in [0.05, 0.1) is 13.2 Å². The number of rotatable bonds is 4. The Morgan fingerprint density at radius 3 is 2.29 bits per heavy atom. The highest BCUT2D eigenvalue weighted by molar-refractivity contribution is 5.81. The van der Waals surface area contributed by atoms with Gasteiger partial charge in [0.1, 0.15) is 5.75 Å². The average Bonchev–Trinajstić information content (AvgIpc) is 2.40. The minimum Gasteiger partial charge on any atom is -0.497 e. The second kappa shape index (κ2) is 8.58. The summed E-state index contributed by atoms with van der Waals surface area (Å²) in [6.07, 6.45) is 0.531. The Balaban J connectivity index is 0.00000121. The number of carbonyl (C=O) groups excluding carboxylic acids is 1. The standard InChI is InChI=1S/C11H16N2O2.C2H6/c1-13-11(14)10(12)7-8-3-5-9(15-2)6-4-8;1-2/h3-6,10H,7,12H2,1-2H3,(H,13,14);1-2H3. The van der Waals surface area contributed by atoms with Gasteiger partial charge >= 0.3 is 0 Å². The molecule has 0 aliphatic heterocycles. The molecular formula is C13H22N2O2. The smallest absolute Gasteiger partial charge is 0.237 e. The summed E-state index contributed by atoms with van der Waals surface area (Å²) in [6, 6.07) is 7.02. The number of hydrogen-bond donors (Lipinski definition) is 2. The van der Waals surface area contributed by atoms with E-state index in [2.05, 4.69) is 5.32 Å². The van der Waals surface area contributed by atoms with Crippen molar-refractivity contribution < 1.29 is 9.53 Å². The fraction of sp³-hybridized carbons (Fsp3) is 0.462. The average molecular weight is 238 g/mol. The van der Waals surface area contributed by atoms with Gasteiger partial charge < -0.3 is 15.8 Å². The highest BCUT2D eigenvalue weighted by Crippen LogP contribution is 2.12. The van der Waals surface area contributed by atoms with E-state index < -0.39 is 6.04 Å². The Morgan fingerprint density at radius 1 is 1.35 bits per heavy atom. The third kappa shape index (κ3) is 5.36. The molecule has 0 aliphatic rings. The van der Waals surface area contributed by atoms with Gasteiger partial charge in [0.15, 0.2) is 0 Å². The molecule has 1 aromatic rings. The van der Waals surface area contributed by atoms with E-state index in [-0.39, 0.29) is 5.91 Å². The molecule has 0 fully saturated rings. The SMILES string of the molecule is CC.CNC(=O)C(N)Cc1ccc(OC)cc1. The zero-order valence-corrected chi connectivity index (χ0v) is 11.0. The zero-order valence-electron chi connectivity index (χ0n) is 11.0. The molecule has 0 aromatic heterocycles. The summed E-state index contributed by atoms with van der Waals surface area (Å²) in [5.74, 6) is 0.651. The molecule has 96 valence electrons. The van der Waals surface area contributed by atoms with E-state index in [9.17, 15) is 4.79 Å². The van der Waals surface area contributed by atoms with Crippen LogP contribution in [0.15, 0.2) is 24.3 Å². The molecule has 17 heavy (non-hydrogen) atoms. The summed E-state index contributed by atoms with van der Waals surface area (Å²) in [5, 5.41) is 2.52. The van der Waals surface area contributed by atoms with Crippen LogP contribution in [0.1, 0.15) is 19.4 Å². The van der Waals surface area contributed by atoms with E-state index in [4.69, 9.17) is 10.5 Å². The number of hydrogen-bond acceptors (Lipinski definition) is 3. The van der Waals surface area contributed by atoms with Crippen LogP contribution in [0.3, 0.4) is 0 Å². The molecule has 0 saturated heterocycles. The molecule has 1 atom stereocenters. The number of nitrogens with one attached hydrogen (secondary N) is 1. The van der Waals surface area contributed by atoms with Crippen molar-refractivity contribution >= 4 is 5.91 Å². The van der Waals surface area contributed by atoms with Crippen molar-refractivity contribution in [1.29, 1.82) is 0 Å². The van der Waals surface area contributed by atoms with Crippen molar-refractivity contribution in [2.24, 2.45) is 5.73 Å². The van der Waals surface area contributed by atoms with Crippen molar-refractivity contribution in [1.82, 2.24) is 5.32 Å². The van der Waals surface area contributed by atoms with Crippen LogP contribution in [0.4, 0.5) is 0 Å². The Kier molecular flexibility index (Phi) is 7.80. The Labute approximate surface area is 103 Å². The van der Waals surface area contributed by atoms with Gasteiger partial charge in [-0.2, -0.15) is 0 Å². The van der Waals surface area contributed by atoms with Gasteiger partial charge in [-0.3, -0.25) is 4.79 Å². The van der Waals surface area contributed by atoms with E-state index in [1.165, 1.54) is 0 Å². The third-order valence-electron chi connectivity index (χ3n) is 2.20. The van der Waals surface area contributed by atoms with Crippen LogP contribution in [-0.4, -0.2) is 26.1 Å². The topological polar surface area (TPSA) is 64.4 Å². The van der Waals surface area contributed by atoms with E-state index in [1.54, 1.807) is 14.2 Å². The largest absolute Gasteiger partial charge is 0.497 e. The molecule has 4 heteroatoms. The number of carbonyl (C=O) groups is 1. The highest BCUT2D eigenvalue weighted by atomic mass is 16.5. The quantitative estimate of drug-likeness (QED) is 0.832. The predicted octanol–water partition coefficient (Wildman–Crippen LogP) is 1.34. The second-order valence-corrected chi connectivity index (χ2v) is 3.27. The van der Waals surface area contributed by atoms with Gasteiger partial charge in [-0.05, 0) is 24.1 Å². The Hall–Kier alpha value is -1.55. The minimum atomic E-state index is -0.497. The van der Waals surface area contributed by atoms with Crippen LogP contribution in [0.2, 0.25) is 0 Å². The van der Waals surface area contributed by atoms with Crippen molar-refractivity contribution in [3.8, 4) is 5.75 Å². The summed E-state index contributed by atoms with van der Waals surface area (Å²) >= 11 is 0. The summed E-state index contributed by atoms with van der Waals surface area (Å²) in [6.45, 7) is 4.00. The normalized spacial score (nSPS) is 10.9. The van der Waals surface area contributed by atoms with Crippen molar-refractivity contribution in [2.75, 3.05) is 14.2 Å². The molecule has 0 radical (unpaired) electrons. The van der Waals surface area contributed by atoms with Crippen molar-refractivity contribution in [3.63, 3.8) is 0 Å². The number of nitrogens with two attached hydrogens (primary N) is 1. The predicted molar refractivity (Wildman–Crippen MR) is 70.1 cm³/mol. The number of amides is 1. The van der Waals surface area contributed by atoms with Gasteiger partial charge in [-0.15, -0.1) is 0 Å². The van der Waals surface area contributed by atoms with Crippen LogP contribution < -0.4 is 15.8 Å². The molecule has 0 bridgehead atoms. The van der Waals surface area contributed by atoms with Gasteiger partial charge in [0.25, 0.3) is 0 Å². The fourth-order valence-corrected chi connectivity index (χ4v) is 1.29. The third-order valence-corrected chi connectivity index (χ3v) is 2.20. The minimum absolute atomic E-state index is 0.147. The summed E-state index contributed by atoms with van der Waals surface area (Å²) in [5.41, 5.74) is 6.71. The van der Waals surface area contributed by atoms with Crippen molar-refractivity contribution in [2.45, 2.75) is 26.3 Å². The van der Waals surface area contributed by atoms with Gasteiger partial charge in [-0.25, -0.2) is 0 Å². The lowest BCUT2D eigenvalue weighted by atomic mass is 10.1. The molecule has 1 unspecified atom stereocenters. The molecule has 0 aliphatic carbocycles. The summed E-state index contributed by atoms with van der Waals surface area (Å²) in [7, 11) is 3.20. The van der Waals surface area contributed by atoms with Gasteiger partial charge in [0.2, 0.25) is 5.91 Å². The summed E-state index contributed by atoms with van der Waals surface area (Å²) in [4.78, 5) is 11.2. The monoisotopic (exact) mass is 238 g/mol. The van der Waals surface area contributed by atoms with E-state index in [1.807, 2.05) is 38.1 Å². The van der Waals surface area contributed by atoms with Crippen LogP contribution in [0.25, 0.3) is 0 Å². The first-order valence-corrected chi connectivity index (χ1v) is 5.77. The van der Waals surface area contributed by atoms with Crippen LogP contribution >= 0.6 is 0 Å². The first-order valence-electron chi connectivity index (χ1n) is 5.77. The highest BCUT2D eigenvalue weighted by Gasteiger charge is 2.11. The Bertz CT molecular complexity index is 323. The summed E-state index contributed by atoms with van der Waals surface area (Å²) < 4.78 is 5.03. The van der Waals surface area contributed by atoms with Crippen LogP contribution in [0.5, 0.6) is 5.75 Å². The Morgan fingerprint density at radius 2 is 1.88 bits per heavy atom. The lowest BCUT2D eigenvalue weighted by Gasteiger charge is -2.10. The molecule has 0 heterocycles. The second-order valence-electron chi connectivity index (χ2n) is 3.27. The van der Waals surface area contributed by atoms with E-state index in [0.717, 1.165) is 11.3 Å². The van der Waals surface area contributed by atoms with Crippen LogP contribution in [0, 0.1) is 0 Å². The molecule has 3 N–H and O–H groups in total. The van der Waals surface area contributed by atoms with Crippen molar-refractivity contribution in [3.05, 3.63) is 29.8 Å². The van der Waals surface area contributed by atoms with Gasteiger partial charge in [-0.1, -0.05) is 26.0 Å². The first-order chi connectivity index (χ1) is 8.17. The molecular weight excluding hydrogens is 216 g/mol. The number of methoxy groups -OCH3 is 1. The van der Waals surface area contributed by atoms with E-state index in [0.29, 0.717) is 6.42 Å².